The first-order valence-corrected chi connectivity index (χ1v) is 15.6. The standard InChI is InChI=1S/C34H36Cl2N4O2/c1-37-29-4-2-3-24(18-29)25-5-6-32-26(17-25)9-14-40(22-33(41)38-30-20-27(35)19-28(36)21-30)34(32)23-7-12-39(13-8-23)31-10-15-42-16-11-31/h2-6,17-21,23,31,34H,7-16,22H2,(H,38,41). The van der Waals surface area contributed by atoms with E-state index in [9.17, 15) is 4.79 Å². The molecular formula is C34H36Cl2N4O2. The van der Waals surface area contributed by atoms with Crippen molar-refractivity contribution in [3.05, 3.63) is 93.3 Å². The van der Waals surface area contributed by atoms with E-state index in [0.29, 0.717) is 39.9 Å². The lowest BCUT2D eigenvalue weighted by Crippen LogP contribution is -2.48. The van der Waals surface area contributed by atoms with Crippen LogP contribution in [0.1, 0.15) is 42.9 Å². The van der Waals surface area contributed by atoms with E-state index < -0.39 is 0 Å². The van der Waals surface area contributed by atoms with Crippen LogP contribution in [0.3, 0.4) is 0 Å². The molecule has 1 atom stereocenters. The highest BCUT2D eigenvalue weighted by Crippen LogP contribution is 2.42. The van der Waals surface area contributed by atoms with Crippen LogP contribution in [0.15, 0.2) is 60.7 Å². The highest BCUT2D eigenvalue weighted by molar-refractivity contribution is 6.35. The van der Waals surface area contributed by atoms with Crippen molar-refractivity contribution in [3.8, 4) is 11.1 Å². The Balaban J connectivity index is 1.24. The van der Waals surface area contributed by atoms with Gasteiger partial charge in [0.1, 0.15) is 0 Å². The summed E-state index contributed by atoms with van der Waals surface area (Å²) in [6, 6.07) is 20.5. The second-order valence-electron chi connectivity index (χ2n) is 11.7. The number of fused-ring (bicyclic) bond motifs is 1. The number of carbonyl (C=O) groups excluding carboxylic acids is 1. The van der Waals surface area contributed by atoms with Crippen LogP contribution in [0.25, 0.3) is 16.0 Å². The van der Waals surface area contributed by atoms with Gasteiger partial charge in [-0.1, -0.05) is 59.6 Å². The normalized spacial score (nSPS) is 20.5. The number of ether oxygens (including phenoxy) is 1. The molecule has 1 unspecified atom stereocenters. The number of carbonyl (C=O) groups is 1. The molecule has 1 N–H and O–H groups in total. The summed E-state index contributed by atoms with van der Waals surface area (Å²) in [6.07, 6.45) is 5.33. The second-order valence-corrected chi connectivity index (χ2v) is 12.5. The van der Waals surface area contributed by atoms with E-state index in [1.54, 1.807) is 18.2 Å². The maximum atomic E-state index is 13.3. The van der Waals surface area contributed by atoms with Crippen LogP contribution in [-0.4, -0.2) is 61.1 Å². The number of halogens is 2. The molecule has 3 aliphatic rings. The monoisotopic (exact) mass is 602 g/mol. The van der Waals surface area contributed by atoms with Gasteiger partial charge < -0.3 is 15.0 Å². The van der Waals surface area contributed by atoms with Gasteiger partial charge in [-0.3, -0.25) is 9.69 Å². The van der Waals surface area contributed by atoms with Crippen LogP contribution in [0.4, 0.5) is 11.4 Å². The van der Waals surface area contributed by atoms with E-state index in [1.807, 2.05) is 18.2 Å². The number of nitrogens with one attached hydrogen (secondary N) is 1. The number of anilines is 1. The summed E-state index contributed by atoms with van der Waals surface area (Å²) in [6.45, 7) is 12.4. The van der Waals surface area contributed by atoms with E-state index in [1.165, 1.54) is 11.1 Å². The minimum Gasteiger partial charge on any atom is -0.381 e. The van der Waals surface area contributed by atoms with Crippen molar-refractivity contribution in [2.75, 3.05) is 44.7 Å². The first-order valence-electron chi connectivity index (χ1n) is 14.9. The lowest BCUT2D eigenvalue weighted by molar-refractivity contribution is -0.118. The van der Waals surface area contributed by atoms with Gasteiger partial charge in [-0.05, 0) is 97.6 Å². The van der Waals surface area contributed by atoms with Crippen LogP contribution >= 0.6 is 23.2 Å². The predicted molar refractivity (Wildman–Crippen MR) is 169 cm³/mol. The van der Waals surface area contributed by atoms with Crippen molar-refractivity contribution in [2.24, 2.45) is 5.92 Å². The maximum absolute atomic E-state index is 13.3. The van der Waals surface area contributed by atoms with Crippen molar-refractivity contribution in [1.82, 2.24) is 9.80 Å². The SMILES string of the molecule is [C-]#[N+]c1cccc(-c2ccc3c(c2)CCN(CC(=O)Nc2cc(Cl)cc(Cl)c2)C3C2CCN(C3CCOCC3)CC2)c1. The van der Waals surface area contributed by atoms with E-state index in [2.05, 4.69) is 44.2 Å². The summed E-state index contributed by atoms with van der Waals surface area (Å²) in [7, 11) is 0. The van der Waals surface area contributed by atoms with Gasteiger partial charge in [-0.2, -0.15) is 0 Å². The minimum atomic E-state index is -0.0611. The molecule has 3 aromatic rings. The van der Waals surface area contributed by atoms with Crippen LogP contribution in [0.5, 0.6) is 0 Å². The van der Waals surface area contributed by atoms with Gasteiger partial charge in [0.15, 0.2) is 5.69 Å². The Morgan fingerprint density at radius 1 is 0.929 bits per heavy atom. The molecule has 8 heteroatoms. The highest BCUT2D eigenvalue weighted by atomic mass is 35.5. The summed E-state index contributed by atoms with van der Waals surface area (Å²) in [5.74, 6) is 0.402. The van der Waals surface area contributed by atoms with Gasteiger partial charge in [0.2, 0.25) is 5.91 Å². The number of benzene rings is 3. The Hall–Kier alpha value is -2.92. The van der Waals surface area contributed by atoms with Crippen LogP contribution < -0.4 is 5.32 Å². The van der Waals surface area contributed by atoms with Crippen molar-refractivity contribution in [3.63, 3.8) is 0 Å². The summed E-state index contributed by atoms with van der Waals surface area (Å²) in [5.41, 5.74) is 6.14. The fraction of sp³-hybridized carbons (Fsp3) is 0.412. The lowest BCUT2D eigenvalue weighted by atomic mass is 9.79. The molecule has 0 radical (unpaired) electrons. The molecular weight excluding hydrogens is 567 g/mol. The third kappa shape index (κ3) is 6.67. The molecule has 3 aromatic carbocycles. The molecule has 0 aliphatic carbocycles. The first kappa shape index (κ1) is 29.2. The third-order valence-corrected chi connectivity index (χ3v) is 9.49. The van der Waals surface area contributed by atoms with E-state index in [4.69, 9.17) is 34.5 Å². The Labute approximate surface area is 258 Å². The number of nitrogens with zero attached hydrogens (tertiary/aromatic N) is 3. The van der Waals surface area contributed by atoms with Crippen LogP contribution in [-0.2, 0) is 16.0 Å². The molecule has 0 bridgehead atoms. The van der Waals surface area contributed by atoms with Gasteiger partial charge >= 0.3 is 0 Å². The first-order chi connectivity index (χ1) is 20.5. The summed E-state index contributed by atoms with van der Waals surface area (Å²) >= 11 is 12.4. The molecule has 2 saturated heterocycles. The summed E-state index contributed by atoms with van der Waals surface area (Å²) < 4.78 is 5.61. The predicted octanol–water partition coefficient (Wildman–Crippen LogP) is 7.64. The van der Waals surface area contributed by atoms with Crippen molar-refractivity contribution < 1.29 is 9.53 Å². The third-order valence-electron chi connectivity index (χ3n) is 9.05. The van der Waals surface area contributed by atoms with Crippen molar-refractivity contribution in [2.45, 2.75) is 44.2 Å². The molecule has 218 valence electrons. The molecule has 0 aromatic heterocycles. The van der Waals surface area contributed by atoms with Crippen molar-refractivity contribution >= 4 is 40.5 Å². The molecule has 3 aliphatic heterocycles. The number of likely N-dealkylation sites (tertiary alicyclic amines) is 1. The maximum Gasteiger partial charge on any atom is 0.238 e. The number of rotatable bonds is 6. The quantitative estimate of drug-likeness (QED) is 0.294. The van der Waals surface area contributed by atoms with Crippen molar-refractivity contribution in [1.29, 1.82) is 0 Å². The van der Waals surface area contributed by atoms with Gasteiger partial charge in [0, 0.05) is 47.6 Å². The zero-order valence-electron chi connectivity index (χ0n) is 23.7. The van der Waals surface area contributed by atoms with Gasteiger partial charge in [-0.25, -0.2) is 4.85 Å². The smallest absolute Gasteiger partial charge is 0.238 e. The number of hydrogen-bond acceptors (Lipinski definition) is 4. The van der Waals surface area contributed by atoms with E-state index in [-0.39, 0.29) is 11.9 Å². The number of amides is 1. The Kier molecular flexibility index (Phi) is 9.14. The molecule has 3 heterocycles. The fourth-order valence-electron chi connectivity index (χ4n) is 7.04. The molecule has 6 nitrogen and oxygen atoms in total. The van der Waals surface area contributed by atoms with Gasteiger partial charge in [0.05, 0.1) is 13.1 Å². The molecule has 6 rings (SSSR count). The number of hydrogen-bond donors (Lipinski definition) is 1. The molecule has 1 amide bonds. The molecule has 0 saturated carbocycles. The summed E-state index contributed by atoms with van der Waals surface area (Å²) in [4.78, 5) is 22.0. The largest absolute Gasteiger partial charge is 0.381 e. The number of piperidine rings is 1. The fourth-order valence-corrected chi connectivity index (χ4v) is 7.56. The average Bonchev–Trinajstić information content (AvgIpc) is 3.01. The zero-order chi connectivity index (χ0) is 29.1. The zero-order valence-corrected chi connectivity index (χ0v) is 25.2. The Morgan fingerprint density at radius 2 is 1.67 bits per heavy atom. The molecule has 42 heavy (non-hydrogen) atoms. The highest BCUT2D eigenvalue weighted by Gasteiger charge is 2.37. The van der Waals surface area contributed by atoms with Gasteiger partial charge in [-0.15, -0.1) is 0 Å². The minimum absolute atomic E-state index is 0.0611. The van der Waals surface area contributed by atoms with E-state index >= 15 is 0 Å². The van der Waals surface area contributed by atoms with Crippen LogP contribution in [0, 0.1) is 12.5 Å². The van der Waals surface area contributed by atoms with Crippen LogP contribution in [0.2, 0.25) is 10.0 Å². The Morgan fingerprint density at radius 3 is 2.40 bits per heavy atom. The molecule has 0 spiro atoms. The van der Waals surface area contributed by atoms with E-state index in [0.717, 1.165) is 76.1 Å². The topological polar surface area (TPSA) is 49.2 Å². The molecule has 2 fully saturated rings. The van der Waals surface area contributed by atoms with Gasteiger partial charge in [0.25, 0.3) is 0 Å². The Bertz CT molecular complexity index is 1450. The second kappa shape index (κ2) is 13.2. The average molecular weight is 604 g/mol. The lowest BCUT2D eigenvalue weighted by Gasteiger charge is -2.46. The summed E-state index contributed by atoms with van der Waals surface area (Å²) in [5, 5.41) is 4.01.